The smallest absolute Gasteiger partial charge is 0.0643 e. The van der Waals surface area contributed by atoms with Gasteiger partial charge in [0.25, 0.3) is 0 Å². The van der Waals surface area contributed by atoms with Crippen LogP contribution in [0.2, 0.25) is 0 Å². The molecule has 14 heavy (non-hydrogen) atoms. The average Bonchev–Trinajstić information content (AvgIpc) is 2.86. The summed E-state index contributed by atoms with van der Waals surface area (Å²) in [7, 11) is 0. The van der Waals surface area contributed by atoms with Crippen LogP contribution in [0.3, 0.4) is 0 Å². The Bertz CT molecular complexity index is 252. The number of aromatic nitrogens is 2. The van der Waals surface area contributed by atoms with E-state index in [-0.39, 0.29) is 0 Å². The first-order valence-electron chi connectivity index (χ1n) is 5.62. The monoisotopic (exact) mass is 193 g/mol. The van der Waals surface area contributed by atoms with Gasteiger partial charge in [0.1, 0.15) is 0 Å². The van der Waals surface area contributed by atoms with Crippen LogP contribution >= 0.6 is 0 Å². The van der Waals surface area contributed by atoms with Crippen LogP contribution in [0, 0.1) is 0 Å². The summed E-state index contributed by atoms with van der Waals surface area (Å²) >= 11 is 0. The van der Waals surface area contributed by atoms with E-state index in [1.807, 2.05) is 12.3 Å². The van der Waals surface area contributed by atoms with Crippen LogP contribution in [0.15, 0.2) is 18.5 Å². The number of hydrogen-bond acceptors (Lipinski definition) is 2. The molecule has 1 unspecified atom stereocenters. The normalized spacial score (nSPS) is 18.4. The molecule has 0 amide bonds. The lowest BCUT2D eigenvalue weighted by atomic mass is 10.1. The van der Waals surface area contributed by atoms with Crippen molar-refractivity contribution in [2.75, 3.05) is 6.54 Å². The Labute approximate surface area is 85.5 Å². The minimum Gasteiger partial charge on any atom is -0.312 e. The molecular weight excluding hydrogens is 174 g/mol. The van der Waals surface area contributed by atoms with Gasteiger partial charge in [-0.3, -0.25) is 4.68 Å². The molecule has 1 aliphatic carbocycles. The summed E-state index contributed by atoms with van der Waals surface area (Å²) in [6.07, 6.45) is 9.07. The van der Waals surface area contributed by atoms with Crippen molar-refractivity contribution >= 4 is 0 Å². The second kappa shape index (κ2) is 4.60. The highest BCUT2D eigenvalue weighted by Gasteiger charge is 2.22. The maximum atomic E-state index is 4.31. The molecule has 1 aromatic heterocycles. The zero-order chi connectivity index (χ0) is 9.80. The third-order valence-corrected chi connectivity index (χ3v) is 2.74. The topological polar surface area (TPSA) is 29.9 Å². The zero-order valence-corrected chi connectivity index (χ0v) is 8.82. The summed E-state index contributed by atoms with van der Waals surface area (Å²) in [5, 5.41) is 7.88. The first kappa shape index (κ1) is 9.71. The largest absolute Gasteiger partial charge is 0.312 e. The molecule has 0 aliphatic heterocycles. The van der Waals surface area contributed by atoms with E-state index in [0.717, 1.165) is 12.6 Å². The lowest BCUT2D eigenvalue weighted by Gasteiger charge is -2.17. The third-order valence-electron chi connectivity index (χ3n) is 2.74. The summed E-state index contributed by atoms with van der Waals surface area (Å²) in [4.78, 5) is 0. The molecule has 0 saturated heterocycles. The van der Waals surface area contributed by atoms with Crippen molar-refractivity contribution in [3.05, 3.63) is 18.5 Å². The van der Waals surface area contributed by atoms with E-state index in [1.165, 1.54) is 25.7 Å². The van der Waals surface area contributed by atoms with Gasteiger partial charge in [-0.25, -0.2) is 0 Å². The molecule has 1 atom stereocenters. The van der Waals surface area contributed by atoms with Crippen LogP contribution in [0.1, 0.15) is 38.6 Å². The van der Waals surface area contributed by atoms with Gasteiger partial charge in [-0.05, 0) is 25.3 Å². The molecule has 1 aromatic rings. The van der Waals surface area contributed by atoms with Crippen LogP contribution in [-0.4, -0.2) is 22.4 Å². The minimum absolute atomic E-state index is 0.538. The van der Waals surface area contributed by atoms with Crippen LogP contribution < -0.4 is 5.32 Å². The van der Waals surface area contributed by atoms with Gasteiger partial charge in [0, 0.05) is 25.0 Å². The van der Waals surface area contributed by atoms with Crippen LogP contribution in [-0.2, 0) is 0 Å². The molecule has 2 rings (SSSR count). The van der Waals surface area contributed by atoms with Crippen LogP contribution in [0.5, 0.6) is 0 Å². The summed E-state index contributed by atoms with van der Waals surface area (Å²) in [5.74, 6) is 0. The SMILES string of the molecule is CCCC(CNC1CC1)n1cccn1. The number of rotatable bonds is 6. The van der Waals surface area contributed by atoms with Crippen molar-refractivity contribution in [3.8, 4) is 0 Å². The van der Waals surface area contributed by atoms with Gasteiger partial charge < -0.3 is 5.32 Å². The molecule has 1 fully saturated rings. The second-order valence-electron chi connectivity index (χ2n) is 4.11. The highest BCUT2D eigenvalue weighted by Crippen LogP contribution is 2.20. The molecule has 0 aromatic carbocycles. The standard InChI is InChI=1S/C11H19N3/c1-2-4-11(9-12-10-5-6-10)14-8-3-7-13-14/h3,7-8,10-12H,2,4-6,9H2,1H3. The lowest BCUT2D eigenvalue weighted by Crippen LogP contribution is -2.27. The van der Waals surface area contributed by atoms with E-state index < -0.39 is 0 Å². The molecule has 3 nitrogen and oxygen atoms in total. The van der Waals surface area contributed by atoms with Crippen molar-refractivity contribution < 1.29 is 0 Å². The first-order chi connectivity index (χ1) is 6.90. The minimum atomic E-state index is 0.538. The fourth-order valence-corrected chi connectivity index (χ4v) is 1.75. The number of nitrogens with zero attached hydrogens (tertiary/aromatic N) is 2. The van der Waals surface area contributed by atoms with Crippen LogP contribution in [0.4, 0.5) is 0 Å². The Balaban J connectivity index is 1.85. The molecule has 3 heteroatoms. The summed E-state index contributed by atoms with van der Waals surface area (Å²) < 4.78 is 2.08. The van der Waals surface area contributed by atoms with E-state index >= 15 is 0 Å². The molecule has 0 bridgehead atoms. The Morgan fingerprint density at radius 2 is 2.43 bits per heavy atom. The third kappa shape index (κ3) is 2.58. The van der Waals surface area contributed by atoms with Crippen molar-refractivity contribution in [3.63, 3.8) is 0 Å². The number of hydrogen-bond donors (Lipinski definition) is 1. The van der Waals surface area contributed by atoms with Crippen molar-refractivity contribution in [2.45, 2.75) is 44.7 Å². The highest BCUT2D eigenvalue weighted by molar-refractivity contribution is 4.86. The Morgan fingerprint density at radius 3 is 3.00 bits per heavy atom. The maximum absolute atomic E-state index is 4.31. The molecule has 0 radical (unpaired) electrons. The van der Waals surface area contributed by atoms with Gasteiger partial charge in [-0.1, -0.05) is 13.3 Å². The van der Waals surface area contributed by atoms with E-state index in [4.69, 9.17) is 0 Å². The van der Waals surface area contributed by atoms with Gasteiger partial charge in [0.05, 0.1) is 6.04 Å². The van der Waals surface area contributed by atoms with E-state index in [1.54, 1.807) is 0 Å². The quantitative estimate of drug-likeness (QED) is 0.748. The molecule has 1 saturated carbocycles. The Kier molecular flexibility index (Phi) is 3.19. The van der Waals surface area contributed by atoms with Gasteiger partial charge in [-0.15, -0.1) is 0 Å². The molecule has 78 valence electrons. The van der Waals surface area contributed by atoms with Gasteiger partial charge >= 0.3 is 0 Å². The average molecular weight is 193 g/mol. The van der Waals surface area contributed by atoms with Gasteiger partial charge in [0.15, 0.2) is 0 Å². The van der Waals surface area contributed by atoms with Crippen LogP contribution in [0.25, 0.3) is 0 Å². The van der Waals surface area contributed by atoms with E-state index in [9.17, 15) is 0 Å². The molecule has 0 spiro atoms. The second-order valence-corrected chi connectivity index (χ2v) is 4.11. The fourth-order valence-electron chi connectivity index (χ4n) is 1.75. The molecule has 1 N–H and O–H groups in total. The molecule has 1 heterocycles. The Hall–Kier alpha value is -0.830. The van der Waals surface area contributed by atoms with E-state index in [2.05, 4.69) is 28.2 Å². The molecule has 1 aliphatic rings. The van der Waals surface area contributed by atoms with Gasteiger partial charge in [0.2, 0.25) is 0 Å². The highest BCUT2D eigenvalue weighted by atomic mass is 15.3. The first-order valence-corrected chi connectivity index (χ1v) is 5.62. The summed E-state index contributed by atoms with van der Waals surface area (Å²) in [5.41, 5.74) is 0. The predicted octanol–water partition coefficient (Wildman–Crippen LogP) is 1.98. The lowest BCUT2D eigenvalue weighted by molar-refractivity contribution is 0.394. The predicted molar refractivity (Wildman–Crippen MR) is 57.2 cm³/mol. The van der Waals surface area contributed by atoms with Crippen molar-refractivity contribution in [1.82, 2.24) is 15.1 Å². The fraction of sp³-hybridized carbons (Fsp3) is 0.727. The van der Waals surface area contributed by atoms with E-state index in [0.29, 0.717) is 6.04 Å². The summed E-state index contributed by atoms with van der Waals surface area (Å²) in [6.45, 7) is 3.30. The molecular formula is C11H19N3. The Morgan fingerprint density at radius 1 is 1.57 bits per heavy atom. The zero-order valence-electron chi connectivity index (χ0n) is 8.82. The maximum Gasteiger partial charge on any atom is 0.0643 e. The van der Waals surface area contributed by atoms with Gasteiger partial charge in [-0.2, -0.15) is 5.10 Å². The van der Waals surface area contributed by atoms with Crippen molar-refractivity contribution in [1.29, 1.82) is 0 Å². The number of nitrogens with one attached hydrogen (secondary N) is 1. The summed E-state index contributed by atoms with van der Waals surface area (Å²) in [6, 6.07) is 3.33. The van der Waals surface area contributed by atoms with Crippen molar-refractivity contribution in [2.24, 2.45) is 0 Å².